The van der Waals surface area contributed by atoms with E-state index in [2.05, 4.69) is 32.3 Å². The van der Waals surface area contributed by atoms with Crippen molar-refractivity contribution in [3.8, 4) is 0 Å². The number of piperidine rings is 1. The SMILES string of the molecule is CN=C(NCCCCN1CCCC1)NCCCN1CCC(C)CC1.I. The number of aliphatic imine (C=N–C) groups is 1. The van der Waals surface area contributed by atoms with Crippen LogP contribution in [0.25, 0.3) is 0 Å². The Kier molecular flexibility index (Phi) is 12.9. The molecule has 5 nitrogen and oxygen atoms in total. The van der Waals surface area contributed by atoms with Crippen LogP contribution >= 0.6 is 24.0 Å². The molecule has 0 bridgehead atoms. The summed E-state index contributed by atoms with van der Waals surface area (Å²) in [7, 11) is 1.87. The number of nitrogens with zero attached hydrogens (tertiary/aromatic N) is 3. The zero-order valence-electron chi connectivity index (χ0n) is 16.4. The number of guanidine groups is 1. The van der Waals surface area contributed by atoms with Crippen LogP contribution in [0.4, 0.5) is 0 Å². The second-order valence-electron chi connectivity index (χ2n) is 7.56. The molecule has 2 aliphatic heterocycles. The van der Waals surface area contributed by atoms with Gasteiger partial charge < -0.3 is 20.4 Å². The zero-order chi connectivity index (χ0) is 17.0. The third kappa shape index (κ3) is 9.99. The van der Waals surface area contributed by atoms with Gasteiger partial charge in [-0.1, -0.05) is 6.92 Å². The summed E-state index contributed by atoms with van der Waals surface area (Å²) in [5, 5.41) is 6.90. The minimum Gasteiger partial charge on any atom is -0.356 e. The summed E-state index contributed by atoms with van der Waals surface area (Å²) >= 11 is 0. The normalized spacial score (nSPS) is 20.5. The maximum absolute atomic E-state index is 4.33. The lowest BCUT2D eigenvalue weighted by Gasteiger charge is -2.30. The predicted molar refractivity (Wildman–Crippen MR) is 119 cm³/mol. The van der Waals surface area contributed by atoms with Gasteiger partial charge >= 0.3 is 0 Å². The Morgan fingerprint density at radius 3 is 2.08 bits per heavy atom. The molecule has 2 heterocycles. The van der Waals surface area contributed by atoms with Crippen LogP contribution in [0, 0.1) is 5.92 Å². The first-order chi connectivity index (χ1) is 11.8. The summed E-state index contributed by atoms with van der Waals surface area (Å²) in [4.78, 5) is 9.53. The lowest BCUT2D eigenvalue weighted by atomic mass is 9.99. The smallest absolute Gasteiger partial charge is 0.190 e. The van der Waals surface area contributed by atoms with Crippen LogP contribution in [0.1, 0.15) is 51.9 Å². The Labute approximate surface area is 172 Å². The highest BCUT2D eigenvalue weighted by molar-refractivity contribution is 14.0. The monoisotopic (exact) mass is 465 g/mol. The Morgan fingerprint density at radius 1 is 0.880 bits per heavy atom. The fourth-order valence-electron chi connectivity index (χ4n) is 3.69. The van der Waals surface area contributed by atoms with E-state index in [-0.39, 0.29) is 24.0 Å². The van der Waals surface area contributed by atoms with E-state index in [4.69, 9.17) is 0 Å². The summed E-state index contributed by atoms with van der Waals surface area (Å²) in [6.07, 6.45) is 9.24. The first kappa shape index (κ1) is 23.0. The van der Waals surface area contributed by atoms with E-state index in [9.17, 15) is 0 Å². The van der Waals surface area contributed by atoms with E-state index in [1.54, 1.807) is 0 Å². The van der Waals surface area contributed by atoms with E-state index in [0.717, 1.165) is 25.0 Å². The number of likely N-dealkylation sites (tertiary alicyclic amines) is 2. The molecule has 148 valence electrons. The zero-order valence-corrected chi connectivity index (χ0v) is 18.8. The van der Waals surface area contributed by atoms with Crippen molar-refractivity contribution in [2.75, 3.05) is 59.4 Å². The second-order valence-corrected chi connectivity index (χ2v) is 7.56. The Balaban J connectivity index is 0.00000312. The van der Waals surface area contributed by atoms with Crippen LogP contribution in [0.15, 0.2) is 4.99 Å². The minimum absolute atomic E-state index is 0. The number of unbranched alkanes of at least 4 members (excludes halogenated alkanes) is 1. The lowest BCUT2D eigenvalue weighted by Crippen LogP contribution is -2.40. The molecule has 0 aliphatic carbocycles. The highest BCUT2D eigenvalue weighted by atomic mass is 127. The second kappa shape index (κ2) is 14.0. The summed E-state index contributed by atoms with van der Waals surface area (Å²) in [6.45, 7) is 12.1. The molecule has 0 atom stereocenters. The van der Waals surface area contributed by atoms with Gasteiger partial charge in [-0.05, 0) is 90.1 Å². The molecule has 2 N–H and O–H groups in total. The average molecular weight is 465 g/mol. The van der Waals surface area contributed by atoms with Gasteiger partial charge in [-0.15, -0.1) is 24.0 Å². The standard InChI is InChI=1S/C19H39N5.HI/c1-18-8-16-24(17-9-18)15-7-11-22-19(20-2)21-10-3-4-12-23-13-5-6-14-23;/h18H,3-17H2,1-2H3,(H2,20,21,22);1H. The van der Waals surface area contributed by atoms with Crippen molar-refractivity contribution in [1.82, 2.24) is 20.4 Å². The maximum Gasteiger partial charge on any atom is 0.190 e. The predicted octanol–water partition coefficient (Wildman–Crippen LogP) is 2.77. The molecule has 2 fully saturated rings. The Bertz CT molecular complexity index is 350. The molecule has 0 radical (unpaired) electrons. The molecule has 25 heavy (non-hydrogen) atoms. The number of nitrogens with one attached hydrogen (secondary N) is 2. The van der Waals surface area contributed by atoms with Crippen LogP contribution in [0.2, 0.25) is 0 Å². The van der Waals surface area contributed by atoms with Crippen molar-refractivity contribution in [1.29, 1.82) is 0 Å². The first-order valence-electron chi connectivity index (χ1n) is 10.2. The average Bonchev–Trinajstić information content (AvgIpc) is 3.11. The molecule has 0 aromatic carbocycles. The van der Waals surface area contributed by atoms with Gasteiger partial charge in [0, 0.05) is 20.1 Å². The van der Waals surface area contributed by atoms with E-state index in [0.29, 0.717) is 0 Å². The molecular weight excluding hydrogens is 425 g/mol. The van der Waals surface area contributed by atoms with Gasteiger partial charge in [0.05, 0.1) is 0 Å². The minimum atomic E-state index is 0. The van der Waals surface area contributed by atoms with Crippen molar-refractivity contribution in [3.63, 3.8) is 0 Å². The number of halogens is 1. The van der Waals surface area contributed by atoms with Crippen LogP contribution in [-0.2, 0) is 0 Å². The van der Waals surface area contributed by atoms with E-state index in [1.807, 2.05) is 7.05 Å². The Hall–Kier alpha value is -0.0800. The Morgan fingerprint density at radius 2 is 1.44 bits per heavy atom. The fourth-order valence-corrected chi connectivity index (χ4v) is 3.69. The summed E-state index contributed by atoms with van der Waals surface area (Å²) in [5.41, 5.74) is 0. The van der Waals surface area contributed by atoms with Gasteiger partial charge in [0.2, 0.25) is 0 Å². The van der Waals surface area contributed by atoms with Gasteiger partial charge in [-0.25, -0.2) is 0 Å². The van der Waals surface area contributed by atoms with Gasteiger partial charge in [-0.2, -0.15) is 0 Å². The van der Waals surface area contributed by atoms with Crippen molar-refractivity contribution < 1.29 is 0 Å². The molecule has 2 saturated heterocycles. The van der Waals surface area contributed by atoms with Crippen LogP contribution in [0.5, 0.6) is 0 Å². The molecule has 2 rings (SSSR count). The van der Waals surface area contributed by atoms with Crippen LogP contribution in [0.3, 0.4) is 0 Å². The highest BCUT2D eigenvalue weighted by Gasteiger charge is 2.14. The third-order valence-electron chi connectivity index (χ3n) is 5.44. The summed E-state index contributed by atoms with van der Waals surface area (Å²) in [6, 6.07) is 0. The first-order valence-corrected chi connectivity index (χ1v) is 10.2. The van der Waals surface area contributed by atoms with Crippen molar-refractivity contribution in [2.24, 2.45) is 10.9 Å². The van der Waals surface area contributed by atoms with E-state index in [1.165, 1.54) is 84.2 Å². The topological polar surface area (TPSA) is 42.9 Å². The van der Waals surface area contributed by atoms with Gasteiger partial charge in [0.15, 0.2) is 5.96 Å². The molecule has 2 aliphatic rings. The maximum atomic E-state index is 4.33. The quantitative estimate of drug-likeness (QED) is 0.238. The molecule has 0 amide bonds. The number of hydrogen-bond donors (Lipinski definition) is 2. The van der Waals surface area contributed by atoms with Crippen molar-refractivity contribution in [2.45, 2.75) is 51.9 Å². The van der Waals surface area contributed by atoms with Gasteiger partial charge in [0.1, 0.15) is 0 Å². The van der Waals surface area contributed by atoms with E-state index >= 15 is 0 Å². The molecule has 0 saturated carbocycles. The highest BCUT2D eigenvalue weighted by Crippen LogP contribution is 2.15. The van der Waals surface area contributed by atoms with Gasteiger partial charge in [-0.3, -0.25) is 4.99 Å². The molecule has 6 heteroatoms. The van der Waals surface area contributed by atoms with Crippen molar-refractivity contribution in [3.05, 3.63) is 0 Å². The summed E-state index contributed by atoms with van der Waals surface area (Å²) < 4.78 is 0. The van der Waals surface area contributed by atoms with E-state index < -0.39 is 0 Å². The lowest BCUT2D eigenvalue weighted by molar-refractivity contribution is 0.191. The fraction of sp³-hybridized carbons (Fsp3) is 0.947. The molecular formula is C19H40IN5. The van der Waals surface area contributed by atoms with Crippen LogP contribution in [-0.4, -0.2) is 75.2 Å². The summed E-state index contributed by atoms with van der Waals surface area (Å²) in [5.74, 6) is 1.89. The largest absolute Gasteiger partial charge is 0.356 e. The molecule has 0 aromatic rings. The van der Waals surface area contributed by atoms with Gasteiger partial charge in [0.25, 0.3) is 0 Å². The van der Waals surface area contributed by atoms with Crippen molar-refractivity contribution >= 4 is 29.9 Å². The molecule has 0 aromatic heterocycles. The number of hydrogen-bond acceptors (Lipinski definition) is 3. The number of rotatable bonds is 9. The molecule has 0 unspecified atom stereocenters. The van der Waals surface area contributed by atoms with Crippen LogP contribution < -0.4 is 10.6 Å². The molecule has 0 spiro atoms. The third-order valence-corrected chi connectivity index (χ3v) is 5.44.